The fourth-order valence-electron chi connectivity index (χ4n) is 2.11. The number of benzene rings is 2. The molecule has 2 nitrogen and oxygen atoms in total. The first-order chi connectivity index (χ1) is 8.40. The van der Waals surface area contributed by atoms with E-state index in [2.05, 4.69) is 30.3 Å². The lowest BCUT2D eigenvalue weighted by atomic mass is 10.0. The predicted octanol–water partition coefficient (Wildman–Crippen LogP) is 4.06. The van der Waals surface area contributed by atoms with Crippen molar-refractivity contribution in [2.45, 2.75) is 13.3 Å². The molecule has 0 aliphatic heterocycles. The second kappa shape index (κ2) is 4.06. The Morgan fingerprint density at radius 3 is 2.59 bits per heavy atom. The molecule has 2 aromatic carbocycles. The zero-order valence-corrected chi connectivity index (χ0v) is 9.68. The van der Waals surface area contributed by atoms with Crippen LogP contribution in [0.5, 0.6) is 0 Å². The molecule has 84 valence electrons. The van der Waals surface area contributed by atoms with E-state index in [4.69, 9.17) is 4.52 Å². The Morgan fingerprint density at radius 1 is 1.00 bits per heavy atom. The molecule has 0 aliphatic rings. The zero-order valence-electron chi connectivity index (χ0n) is 9.68. The zero-order chi connectivity index (χ0) is 11.7. The van der Waals surface area contributed by atoms with Crippen molar-refractivity contribution < 1.29 is 4.52 Å². The molecule has 0 spiro atoms. The Hall–Kier alpha value is -2.09. The van der Waals surface area contributed by atoms with Gasteiger partial charge in [0.25, 0.3) is 0 Å². The van der Waals surface area contributed by atoms with E-state index in [1.165, 1.54) is 5.56 Å². The van der Waals surface area contributed by atoms with Crippen molar-refractivity contribution in [3.63, 3.8) is 0 Å². The average Bonchev–Trinajstić information content (AvgIpc) is 2.83. The van der Waals surface area contributed by atoms with Crippen LogP contribution in [0.4, 0.5) is 0 Å². The van der Waals surface area contributed by atoms with Crippen LogP contribution in [0.3, 0.4) is 0 Å². The van der Waals surface area contributed by atoms with Gasteiger partial charge in [-0.1, -0.05) is 54.5 Å². The molecule has 0 saturated heterocycles. The summed E-state index contributed by atoms with van der Waals surface area (Å²) in [5.41, 5.74) is 3.28. The maximum Gasteiger partial charge on any atom is 0.174 e. The smallest absolute Gasteiger partial charge is 0.174 e. The number of hydrogen-bond donors (Lipinski definition) is 0. The van der Waals surface area contributed by atoms with Crippen LogP contribution >= 0.6 is 0 Å². The van der Waals surface area contributed by atoms with Crippen LogP contribution in [0.25, 0.3) is 22.2 Å². The second-order valence-corrected chi connectivity index (χ2v) is 4.04. The molecule has 0 unspecified atom stereocenters. The van der Waals surface area contributed by atoms with E-state index in [9.17, 15) is 0 Å². The second-order valence-electron chi connectivity index (χ2n) is 4.04. The molecular weight excluding hydrogens is 210 g/mol. The molecule has 3 rings (SSSR count). The van der Waals surface area contributed by atoms with E-state index in [1.54, 1.807) is 0 Å². The Morgan fingerprint density at radius 2 is 1.82 bits per heavy atom. The lowest BCUT2D eigenvalue weighted by Crippen LogP contribution is -1.81. The summed E-state index contributed by atoms with van der Waals surface area (Å²) >= 11 is 0. The molecular formula is C15H13NO. The summed E-state index contributed by atoms with van der Waals surface area (Å²) in [6.07, 6.45) is 0.970. The molecule has 0 fully saturated rings. The number of aromatic nitrogens is 1. The highest BCUT2D eigenvalue weighted by Crippen LogP contribution is 2.30. The minimum Gasteiger partial charge on any atom is -0.355 e. The molecule has 1 heterocycles. The van der Waals surface area contributed by atoms with Gasteiger partial charge in [0.1, 0.15) is 5.52 Å². The highest BCUT2D eigenvalue weighted by atomic mass is 16.5. The highest BCUT2D eigenvalue weighted by Gasteiger charge is 2.11. The predicted molar refractivity (Wildman–Crippen MR) is 68.8 cm³/mol. The van der Waals surface area contributed by atoms with Crippen LogP contribution < -0.4 is 0 Å². The van der Waals surface area contributed by atoms with Crippen molar-refractivity contribution >= 4 is 10.9 Å². The molecule has 0 bridgehead atoms. The summed E-state index contributed by atoms with van der Waals surface area (Å²) in [5.74, 6) is 0.857. The third kappa shape index (κ3) is 1.62. The van der Waals surface area contributed by atoms with E-state index >= 15 is 0 Å². The van der Waals surface area contributed by atoms with E-state index in [0.717, 1.165) is 28.6 Å². The lowest BCUT2D eigenvalue weighted by Gasteiger charge is -1.97. The first-order valence-electron chi connectivity index (χ1n) is 5.83. The standard InChI is InChI=1S/C15H13NO/c1-2-11-9-6-10-13-14(11)16-17-15(13)12-7-4-3-5-8-12/h3-10H,2H2,1H3. The van der Waals surface area contributed by atoms with E-state index < -0.39 is 0 Å². The Bertz CT molecular complexity index is 640. The molecule has 0 aliphatic carbocycles. The van der Waals surface area contributed by atoms with Crippen LogP contribution in [0.2, 0.25) is 0 Å². The SMILES string of the molecule is CCc1cccc2c(-c3ccccc3)onc12. The number of fused-ring (bicyclic) bond motifs is 1. The van der Waals surface area contributed by atoms with Gasteiger partial charge in [0.2, 0.25) is 0 Å². The van der Waals surface area contributed by atoms with Gasteiger partial charge in [-0.3, -0.25) is 0 Å². The fourth-order valence-corrected chi connectivity index (χ4v) is 2.11. The normalized spacial score (nSPS) is 10.9. The van der Waals surface area contributed by atoms with Gasteiger partial charge in [-0.15, -0.1) is 0 Å². The molecule has 17 heavy (non-hydrogen) atoms. The van der Waals surface area contributed by atoms with Crippen molar-refractivity contribution in [2.75, 3.05) is 0 Å². The van der Waals surface area contributed by atoms with Crippen molar-refractivity contribution in [3.05, 3.63) is 54.1 Å². The van der Waals surface area contributed by atoms with Gasteiger partial charge < -0.3 is 4.52 Å². The summed E-state index contributed by atoms with van der Waals surface area (Å²) in [5, 5.41) is 5.28. The summed E-state index contributed by atoms with van der Waals surface area (Å²) < 4.78 is 5.49. The topological polar surface area (TPSA) is 26.0 Å². The third-order valence-electron chi connectivity index (χ3n) is 3.01. The van der Waals surface area contributed by atoms with Gasteiger partial charge in [-0.2, -0.15) is 0 Å². The van der Waals surface area contributed by atoms with E-state index in [-0.39, 0.29) is 0 Å². The van der Waals surface area contributed by atoms with Crippen LogP contribution in [0.1, 0.15) is 12.5 Å². The first kappa shape index (κ1) is 10.1. The Balaban J connectivity index is 2.26. The monoisotopic (exact) mass is 223 g/mol. The molecule has 3 aromatic rings. The van der Waals surface area contributed by atoms with Gasteiger partial charge in [-0.05, 0) is 18.1 Å². The molecule has 1 aromatic heterocycles. The van der Waals surface area contributed by atoms with Gasteiger partial charge in [-0.25, -0.2) is 0 Å². The summed E-state index contributed by atoms with van der Waals surface area (Å²) in [7, 11) is 0. The number of hydrogen-bond acceptors (Lipinski definition) is 2. The maximum atomic E-state index is 5.49. The number of aryl methyl sites for hydroxylation is 1. The van der Waals surface area contributed by atoms with Crippen molar-refractivity contribution in [1.82, 2.24) is 5.16 Å². The largest absolute Gasteiger partial charge is 0.355 e. The highest BCUT2D eigenvalue weighted by molar-refractivity contribution is 5.93. The average molecular weight is 223 g/mol. The molecule has 0 N–H and O–H groups in total. The minimum absolute atomic E-state index is 0.857. The summed E-state index contributed by atoms with van der Waals surface area (Å²) in [6, 6.07) is 16.3. The summed E-state index contributed by atoms with van der Waals surface area (Å²) in [4.78, 5) is 0. The van der Waals surface area contributed by atoms with Crippen molar-refractivity contribution in [1.29, 1.82) is 0 Å². The van der Waals surface area contributed by atoms with Gasteiger partial charge in [0, 0.05) is 10.9 Å². The fraction of sp³-hybridized carbons (Fsp3) is 0.133. The van der Waals surface area contributed by atoms with Crippen molar-refractivity contribution in [3.8, 4) is 11.3 Å². The Labute approximate surface area is 99.9 Å². The maximum absolute atomic E-state index is 5.49. The van der Waals surface area contributed by atoms with Crippen LogP contribution in [-0.4, -0.2) is 5.16 Å². The van der Waals surface area contributed by atoms with Crippen molar-refractivity contribution in [2.24, 2.45) is 0 Å². The molecule has 0 amide bonds. The summed E-state index contributed by atoms with van der Waals surface area (Å²) in [6.45, 7) is 2.13. The van der Waals surface area contributed by atoms with Crippen LogP contribution in [0.15, 0.2) is 53.1 Å². The molecule has 0 saturated carbocycles. The van der Waals surface area contributed by atoms with Gasteiger partial charge in [0.15, 0.2) is 5.76 Å². The first-order valence-corrected chi connectivity index (χ1v) is 5.83. The molecule has 0 atom stereocenters. The lowest BCUT2D eigenvalue weighted by molar-refractivity contribution is 0.440. The van der Waals surface area contributed by atoms with Gasteiger partial charge in [0.05, 0.1) is 0 Å². The minimum atomic E-state index is 0.857. The van der Waals surface area contributed by atoms with E-state index in [0.29, 0.717) is 0 Å². The Kier molecular flexibility index (Phi) is 2.41. The number of rotatable bonds is 2. The quantitative estimate of drug-likeness (QED) is 0.654. The van der Waals surface area contributed by atoms with Gasteiger partial charge >= 0.3 is 0 Å². The third-order valence-corrected chi connectivity index (χ3v) is 3.01. The van der Waals surface area contributed by atoms with Crippen LogP contribution in [-0.2, 0) is 6.42 Å². The molecule has 0 radical (unpaired) electrons. The van der Waals surface area contributed by atoms with Crippen LogP contribution in [0, 0.1) is 0 Å². The van der Waals surface area contributed by atoms with E-state index in [1.807, 2.05) is 30.3 Å². The number of nitrogens with zero attached hydrogens (tertiary/aromatic N) is 1. The molecule has 2 heteroatoms.